The van der Waals surface area contributed by atoms with Crippen LogP contribution in [0.1, 0.15) is 19.3 Å². The van der Waals surface area contributed by atoms with Gasteiger partial charge in [-0.05, 0) is 12.3 Å². The third kappa shape index (κ3) is 2.50. The molecule has 1 fully saturated rings. The van der Waals surface area contributed by atoms with Crippen molar-refractivity contribution < 1.29 is 9.53 Å². The van der Waals surface area contributed by atoms with E-state index in [-0.39, 0.29) is 11.9 Å². The Kier molecular flexibility index (Phi) is 2.88. The molecule has 0 saturated heterocycles. The summed E-state index contributed by atoms with van der Waals surface area (Å²) in [5, 5.41) is 0. The van der Waals surface area contributed by atoms with Crippen molar-refractivity contribution in [3.8, 4) is 0 Å². The molecule has 0 unspecified atom stereocenters. The lowest BCUT2D eigenvalue weighted by molar-refractivity contribution is -0.145. The summed E-state index contributed by atoms with van der Waals surface area (Å²) in [4.78, 5) is 11.0. The van der Waals surface area contributed by atoms with E-state index < -0.39 is 0 Å². The standard InChI is InChI=1S/C8H15NO2/c1-11-8(10)7(5-9)4-6-2-3-6/h6-7H,2-5,9H2,1H3/t7-/m0/s1. The number of carbonyl (C=O) groups is 1. The summed E-state index contributed by atoms with van der Waals surface area (Å²) in [6.45, 7) is 0.420. The van der Waals surface area contributed by atoms with E-state index in [0.29, 0.717) is 6.54 Å². The van der Waals surface area contributed by atoms with Crippen LogP contribution < -0.4 is 5.73 Å². The number of hydrogen-bond donors (Lipinski definition) is 1. The quantitative estimate of drug-likeness (QED) is 0.606. The maximum absolute atomic E-state index is 11.0. The SMILES string of the molecule is COC(=O)[C@H](CN)CC1CC1. The second-order valence-electron chi connectivity index (χ2n) is 3.13. The van der Waals surface area contributed by atoms with Gasteiger partial charge in [0.05, 0.1) is 13.0 Å². The molecule has 1 atom stereocenters. The fourth-order valence-corrected chi connectivity index (χ4v) is 1.21. The number of rotatable bonds is 4. The van der Waals surface area contributed by atoms with Crippen LogP contribution in [0, 0.1) is 11.8 Å². The van der Waals surface area contributed by atoms with Gasteiger partial charge in [0.25, 0.3) is 0 Å². The molecule has 0 heterocycles. The summed E-state index contributed by atoms with van der Waals surface area (Å²) in [6.07, 6.45) is 3.43. The van der Waals surface area contributed by atoms with Crippen molar-refractivity contribution in [1.82, 2.24) is 0 Å². The number of hydrogen-bond acceptors (Lipinski definition) is 3. The van der Waals surface area contributed by atoms with Crippen LogP contribution in [0.4, 0.5) is 0 Å². The highest BCUT2D eigenvalue weighted by atomic mass is 16.5. The zero-order valence-corrected chi connectivity index (χ0v) is 6.88. The maximum atomic E-state index is 11.0. The van der Waals surface area contributed by atoms with E-state index in [1.165, 1.54) is 20.0 Å². The van der Waals surface area contributed by atoms with Gasteiger partial charge in [-0.3, -0.25) is 4.79 Å². The smallest absolute Gasteiger partial charge is 0.309 e. The highest BCUT2D eigenvalue weighted by molar-refractivity contribution is 5.72. The van der Waals surface area contributed by atoms with Gasteiger partial charge in [-0.15, -0.1) is 0 Å². The van der Waals surface area contributed by atoms with Gasteiger partial charge in [0, 0.05) is 6.54 Å². The Balaban J connectivity index is 2.27. The molecule has 1 aliphatic rings. The molecule has 11 heavy (non-hydrogen) atoms. The van der Waals surface area contributed by atoms with Gasteiger partial charge >= 0.3 is 5.97 Å². The Morgan fingerprint density at radius 1 is 1.73 bits per heavy atom. The van der Waals surface area contributed by atoms with Crippen molar-refractivity contribution in [3.63, 3.8) is 0 Å². The number of esters is 1. The summed E-state index contributed by atoms with van der Waals surface area (Å²) in [7, 11) is 1.41. The highest BCUT2D eigenvalue weighted by Gasteiger charge is 2.28. The van der Waals surface area contributed by atoms with Crippen molar-refractivity contribution in [2.24, 2.45) is 17.6 Å². The fourth-order valence-electron chi connectivity index (χ4n) is 1.21. The summed E-state index contributed by atoms with van der Waals surface area (Å²) in [5.74, 6) is 0.523. The first-order chi connectivity index (χ1) is 5.27. The van der Waals surface area contributed by atoms with Crippen LogP contribution in [0.5, 0.6) is 0 Å². The molecule has 1 rings (SSSR count). The van der Waals surface area contributed by atoms with E-state index >= 15 is 0 Å². The van der Waals surface area contributed by atoms with Gasteiger partial charge in [-0.1, -0.05) is 12.8 Å². The summed E-state index contributed by atoms with van der Waals surface area (Å²) >= 11 is 0. The normalized spacial score (nSPS) is 19.5. The van der Waals surface area contributed by atoms with Crippen molar-refractivity contribution in [3.05, 3.63) is 0 Å². The summed E-state index contributed by atoms with van der Waals surface area (Å²) < 4.78 is 4.61. The van der Waals surface area contributed by atoms with Crippen molar-refractivity contribution in [1.29, 1.82) is 0 Å². The Bertz CT molecular complexity index is 143. The van der Waals surface area contributed by atoms with Crippen LogP contribution in [0.2, 0.25) is 0 Å². The molecule has 64 valence electrons. The monoisotopic (exact) mass is 157 g/mol. The van der Waals surface area contributed by atoms with Crippen LogP contribution in [0.15, 0.2) is 0 Å². The van der Waals surface area contributed by atoms with Crippen molar-refractivity contribution in [2.75, 3.05) is 13.7 Å². The van der Waals surface area contributed by atoms with E-state index in [0.717, 1.165) is 12.3 Å². The largest absolute Gasteiger partial charge is 0.469 e. The van der Waals surface area contributed by atoms with Crippen molar-refractivity contribution in [2.45, 2.75) is 19.3 Å². The number of carbonyl (C=O) groups excluding carboxylic acids is 1. The lowest BCUT2D eigenvalue weighted by Gasteiger charge is -2.10. The topological polar surface area (TPSA) is 52.3 Å². The van der Waals surface area contributed by atoms with E-state index in [4.69, 9.17) is 5.73 Å². The Morgan fingerprint density at radius 3 is 2.73 bits per heavy atom. The molecule has 0 aromatic heterocycles. The molecule has 0 aliphatic heterocycles. The fraction of sp³-hybridized carbons (Fsp3) is 0.875. The third-order valence-electron chi connectivity index (χ3n) is 2.13. The lowest BCUT2D eigenvalue weighted by Crippen LogP contribution is -2.25. The molecule has 1 saturated carbocycles. The van der Waals surface area contributed by atoms with Crippen molar-refractivity contribution >= 4 is 5.97 Å². The van der Waals surface area contributed by atoms with Gasteiger partial charge in [0.1, 0.15) is 0 Å². The number of ether oxygens (including phenoxy) is 1. The first kappa shape index (κ1) is 8.53. The van der Waals surface area contributed by atoms with Crippen LogP contribution in [0.25, 0.3) is 0 Å². The highest BCUT2D eigenvalue weighted by Crippen LogP contribution is 2.35. The first-order valence-corrected chi connectivity index (χ1v) is 4.05. The van der Waals surface area contributed by atoms with Gasteiger partial charge in [0.15, 0.2) is 0 Å². The molecule has 0 bridgehead atoms. The molecule has 0 aromatic rings. The van der Waals surface area contributed by atoms with Crippen LogP contribution in [-0.2, 0) is 9.53 Å². The van der Waals surface area contributed by atoms with E-state index in [9.17, 15) is 4.79 Å². The zero-order valence-electron chi connectivity index (χ0n) is 6.88. The molecule has 0 spiro atoms. The molecule has 0 aromatic carbocycles. The minimum absolute atomic E-state index is 0.0625. The second kappa shape index (κ2) is 3.72. The Morgan fingerprint density at radius 2 is 2.36 bits per heavy atom. The van der Waals surface area contributed by atoms with E-state index in [2.05, 4.69) is 4.74 Å². The molecular formula is C8H15NO2. The minimum atomic E-state index is -0.153. The lowest BCUT2D eigenvalue weighted by atomic mass is 10.0. The summed E-state index contributed by atoms with van der Waals surface area (Å²) in [6, 6.07) is 0. The zero-order chi connectivity index (χ0) is 8.27. The Hall–Kier alpha value is -0.570. The molecule has 0 amide bonds. The molecule has 3 nitrogen and oxygen atoms in total. The predicted molar refractivity (Wildman–Crippen MR) is 41.9 cm³/mol. The van der Waals surface area contributed by atoms with Gasteiger partial charge in [-0.2, -0.15) is 0 Å². The maximum Gasteiger partial charge on any atom is 0.309 e. The van der Waals surface area contributed by atoms with Crippen LogP contribution >= 0.6 is 0 Å². The summed E-state index contributed by atoms with van der Waals surface area (Å²) in [5.41, 5.74) is 5.42. The first-order valence-electron chi connectivity index (χ1n) is 4.05. The molecule has 1 aliphatic carbocycles. The number of methoxy groups -OCH3 is 1. The van der Waals surface area contributed by atoms with Crippen LogP contribution in [0.3, 0.4) is 0 Å². The molecular weight excluding hydrogens is 142 g/mol. The molecule has 3 heteroatoms. The number of nitrogens with two attached hydrogens (primary N) is 1. The third-order valence-corrected chi connectivity index (χ3v) is 2.13. The van der Waals surface area contributed by atoms with E-state index in [1.807, 2.05) is 0 Å². The van der Waals surface area contributed by atoms with E-state index in [1.54, 1.807) is 0 Å². The van der Waals surface area contributed by atoms with Gasteiger partial charge in [0.2, 0.25) is 0 Å². The average Bonchev–Trinajstić information content (AvgIpc) is 2.82. The van der Waals surface area contributed by atoms with Gasteiger partial charge < -0.3 is 10.5 Å². The molecule has 2 N–H and O–H groups in total. The second-order valence-corrected chi connectivity index (χ2v) is 3.13. The Labute approximate surface area is 66.9 Å². The van der Waals surface area contributed by atoms with Gasteiger partial charge in [-0.25, -0.2) is 0 Å². The van der Waals surface area contributed by atoms with Crippen LogP contribution in [-0.4, -0.2) is 19.6 Å². The average molecular weight is 157 g/mol. The minimum Gasteiger partial charge on any atom is -0.469 e. The predicted octanol–water partition coefficient (Wildman–Crippen LogP) is 0.534. The molecule has 0 radical (unpaired) electrons.